The van der Waals surface area contributed by atoms with E-state index >= 15 is 0 Å². The Morgan fingerprint density at radius 3 is 2.17 bits per heavy atom. The van der Waals surface area contributed by atoms with Crippen LogP contribution in [0.2, 0.25) is 0 Å². The number of hydroxylamine groups is 2. The zero-order chi connectivity index (χ0) is 13.1. The maximum atomic E-state index is 11.8. The van der Waals surface area contributed by atoms with Crippen molar-refractivity contribution in [1.82, 2.24) is 5.06 Å². The highest BCUT2D eigenvalue weighted by Gasteiger charge is 2.36. The number of benzene rings is 1. The van der Waals surface area contributed by atoms with Gasteiger partial charge >= 0.3 is 5.97 Å². The van der Waals surface area contributed by atoms with Crippen LogP contribution in [0.5, 0.6) is 0 Å². The lowest BCUT2D eigenvalue weighted by molar-refractivity contribution is -0.147. The molecule has 0 aliphatic carbocycles. The molecule has 6 nitrogen and oxygen atoms in total. The highest BCUT2D eigenvalue weighted by molar-refractivity contribution is 6.20. The van der Waals surface area contributed by atoms with Gasteiger partial charge in [-0.2, -0.15) is 0 Å². The minimum Gasteiger partial charge on any atom is -0.463 e. The number of hydrogen-bond acceptors (Lipinski definition) is 5. The molecule has 1 aliphatic rings. The van der Waals surface area contributed by atoms with Gasteiger partial charge in [-0.05, 0) is 12.1 Å². The summed E-state index contributed by atoms with van der Waals surface area (Å²) in [4.78, 5) is 39.2. The number of esters is 1. The molecule has 0 N–H and O–H groups in total. The van der Waals surface area contributed by atoms with Gasteiger partial charge in [-0.25, -0.2) is 0 Å². The number of carbonyl (C=O) groups excluding carboxylic acids is 3. The molecule has 18 heavy (non-hydrogen) atoms. The third-order valence-corrected chi connectivity index (χ3v) is 2.37. The molecule has 0 saturated heterocycles. The average molecular weight is 249 g/mol. The molecular formula is C12H11NO5. The summed E-state index contributed by atoms with van der Waals surface area (Å²) < 4.78 is 4.64. The third kappa shape index (κ3) is 2.23. The maximum absolute atomic E-state index is 11.8. The first-order valence-corrected chi connectivity index (χ1v) is 5.35. The van der Waals surface area contributed by atoms with Crippen LogP contribution in [0.25, 0.3) is 0 Å². The van der Waals surface area contributed by atoms with Crippen LogP contribution >= 0.6 is 0 Å². The Bertz CT molecular complexity index is 476. The smallest absolute Gasteiger partial charge is 0.302 e. The second kappa shape index (κ2) is 4.97. The highest BCUT2D eigenvalue weighted by atomic mass is 16.7. The molecule has 1 aromatic rings. The van der Waals surface area contributed by atoms with E-state index in [1.807, 2.05) is 0 Å². The lowest BCUT2D eigenvalue weighted by Gasteiger charge is -2.12. The monoisotopic (exact) mass is 249 g/mol. The van der Waals surface area contributed by atoms with E-state index in [2.05, 4.69) is 4.74 Å². The van der Waals surface area contributed by atoms with Crippen molar-refractivity contribution in [3.63, 3.8) is 0 Å². The number of rotatable bonds is 4. The number of imide groups is 1. The highest BCUT2D eigenvalue weighted by Crippen LogP contribution is 2.22. The van der Waals surface area contributed by atoms with E-state index in [1.165, 1.54) is 6.92 Å². The SMILES string of the molecule is CC(=O)OCCON1C(=O)c2ccccc2C1=O. The Morgan fingerprint density at radius 1 is 1.11 bits per heavy atom. The van der Waals surface area contributed by atoms with E-state index in [-0.39, 0.29) is 13.2 Å². The van der Waals surface area contributed by atoms with Gasteiger partial charge in [0, 0.05) is 6.92 Å². The number of ether oxygens (including phenoxy) is 1. The average Bonchev–Trinajstić information content (AvgIpc) is 2.59. The molecule has 6 heteroatoms. The van der Waals surface area contributed by atoms with Gasteiger partial charge in [0.1, 0.15) is 13.2 Å². The van der Waals surface area contributed by atoms with Crippen LogP contribution in [0, 0.1) is 0 Å². The van der Waals surface area contributed by atoms with Gasteiger partial charge in [0.15, 0.2) is 0 Å². The molecule has 1 heterocycles. The van der Waals surface area contributed by atoms with Gasteiger partial charge in [0.05, 0.1) is 11.1 Å². The van der Waals surface area contributed by atoms with Crippen LogP contribution in [0.4, 0.5) is 0 Å². The van der Waals surface area contributed by atoms with Gasteiger partial charge in [-0.15, -0.1) is 5.06 Å². The molecule has 2 rings (SSSR count). The first kappa shape index (κ1) is 12.3. The summed E-state index contributed by atoms with van der Waals surface area (Å²) in [5.41, 5.74) is 0.630. The van der Waals surface area contributed by atoms with Crippen molar-refractivity contribution in [1.29, 1.82) is 0 Å². The van der Waals surface area contributed by atoms with E-state index in [9.17, 15) is 14.4 Å². The van der Waals surface area contributed by atoms with E-state index in [0.717, 1.165) is 0 Å². The number of carbonyl (C=O) groups is 3. The summed E-state index contributed by atoms with van der Waals surface area (Å²) >= 11 is 0. The summed E-state index contributed by atoms with van der Waals surface area (Å²) in [6.07, 6.45) is 0. The van der Waals surface area contributed by atoms with Crippen molar-refractivity contribution in [2.75, 3.05) is 13.2 Å². The molecular weight excluding hydrogens is 238 g/mol. The van der Waals surface area contributed by atoms with E-state index in [0.29, 0.717) is 16.2 Å². The molecule has 94 valence electrons. The minimum absolute atomic E-state index is 0.0112. The van der Waals surface area contributed by atoms with Crippen LogP contribution in [0.15, 0.2) is 24.3 Å². The molecule has 1 aliphatic heterocycles. The quantitative estimate of drug-likeness (QED) is 0.448. The summed E-state index contributed by atoms with van der Waals surface area (Å²) in [5, 5.41) is 0.689. The van der Waals surface area contributed by atoms with Crippen LogP contribution in [-0.4, -0.2) is 36.1 Å². The second-order valence-electron chi connectivity index (χ2n) is 3.62. The Hall–Kier alpha value is -2.21. The van der Waals surface area contributed by atoms with Gasteiger partial charge in [0.25, 0.3) is 11.8 Å². The summed E-state index contributed by atoms with van der Waals surface area (Å²) in [5.74, 6) is -1.45. The largest absolute Gasteiger partial charge is 0.463 e. The fourth-order valence-electron chi connectivity index (χ4n) is 1.60. The number of hydrogen-bond donors (Lipinski definition) is 0. The molecule has 0 bridgehead atoms. The summed E-state index contributed by atoms with van der Waals surface area (Å²) in [6.45, 7) is 1.20. The van der Waals surface area contributed by atoms with Crippen LogP contribution in [0.1, 0.15) is 27.6 Å². The van der Waals surface area contributed by atoms with Crippen LogP contribution in [-0.2, 0) is 14.4 Å². The van der Waals surface area contributed by atoms with Crippen molar-refractivity contribution >= 4 is 17.8 Å². The Balaban J connectivity index is 1.99. The van der Waals surface area contributed by atoms with Gasteiger partial charge in [0.2, 0.25) is 0 Å². The fraction of sp³-hybridized carbons (Fsp3) is 0.250. The lowest BCUT2D eigenvalue weighted by atomic mass is 10.1. The van der Waals surface area contributed by atoms with Crippen molar-refractivity contribution in [2.24, 2.45) is 0 Å². The Labute approximate surface area is 103 Å². The normalized spacial score (nSPS) is 13.7. The number of amides is 2. The zero-order valence-corrected chi connectivity index (χ0v) is 9.71. The molecule has 0 atom stereocenters. The zero-order valence-electron chi connectivity index (χ0n) is 9.71. The Kier molecular flexibility index (Phi) is 3.38. The van der Waals surface area contributed by atoms with E-state index in [1.54, 1.807) is 24.3 Å². The molecule has 0 spiro atoms. The van der Waals surface area contributed by atoms with E-state index in [4.69, 9.17) is 4.84 Å². The number of nitrogens with zero attached hydrogens (tertiary/aromatic N) is 1. The topological polar surface area (TPSA) is 72.9 Å². The first-order valence-electron chi connectivity index (χ1n) is 5.35. The second-order valence-corrected chi connectivity index (χ2v) is 3.62. The van der Waals surface area contributed by atoms with Crippen LogP contribution in [0.3, 0.4) is 0 Å². The molecule has 0 saturated carbocycles. The Morgan fingerprint density at radius 2 is 1.67 bits per heavy atom. The summed E-state index contributed by atoms with van der Waals surface area (Å²) in [6, 6.07) is 6.47. The van der Waals surface area contributed by atoms with Crippen molar-refractivity contribution in [3.05, 3.63) is 35.4 Å². The van der Waals surface area contributed by atoms with Crippen molar-refractivity contribution in [3.8, 4) is 0 Å². The fourth-order valence-corrected chi connectivity index (χ4v) is 1.60. The van der Waals surface area contributed by atoms with Gasteiger partial charge in [-0.3, -0.25) is 19.2 Å². The molecule has 0 radical (unpaired) electrons. The van der Waals surface area contributed by atoms with Gasteiger partial charge in [-0.1, -0.05) is 12.1 Å². The summed E-state index contributed by atoms with van der Waals surface area (Å²) in [7, 11) is 0. The maximum Gasteiger partial charge on any atom is 0.302 e. The number of fused-ring (bicyclic) bond motifs is 1. The standard InChI is InChI=1S/C12H11NO5/c1-8(14)17-6-7-18-13-11(15)9-4-2-3-5-10(9)12(13)16/h2-5H,6-7H2,1H3. The molecule has 0 fully saturated rings. The van der Waals surface area contributed by atoms with E-state index < -0.39 is 17.8 Å². The third-order valence-electron chi connectivity index (χ3n) is 2.37. The minimum atomic E-state index is -0.501. The van der Waals surface area contributed by atoms with Crippen molar-refractivity contribution in [2.45, 2.75) is 6.92 Å². The lowest BCUT2D eigenvalue weighted by Crippen LogP contribution is -2.31. The van der Waals surface area contributed by atoms with Crippen LogP contribution < -0.4 is 0 Å². The molecule has 0 unspecified atom stereocenters. The predicted octanol–water partition coefficient (Wildman–Crippen LogP) is 0.777. The molecule has 1 aromatic carbocycles. The molecule has 0 aromatic heterocycles. The van der Waals surface area contributed by atoms with Gasteiger partial charge < -0.3 is 4.74 Å². The first-order chi connectivity index (χ1) is 8.61. The van der Waals surface area contributed by atoms with Crippen molar-refractivity contribution < 1.29 is 24.0 Å². The molecule has 2 amide bonds. The predicted molar refractivity (Wildman–Crippen MR) is 59.5 cm³/mol.